The van der Waals surface area contributed by atoms with Crippen molar-refractivity contribution < 1.29 is 19.2 Å². The molecule has 0 saturated heterocycles. The van der Waals surface area contributed by atoms with Crippen LogP contribution < -0.4 is 10.4 Å². The average molecular weight is 417 g/mol. The molecule has 1 aromatic heterocycles. The summed E-state index contributed by atoms with van der Waals surface area (Å²) in [5.41, 5.74) is 5.57. The van der Waals surface area contributed by atoms with E-state index >= 15 is 0 Å². The van der Waals surface area contributed by atoms with E-state index in [1.165, 1.54) is 0 Å². The topological polar surface area (TPSA) is 99.7 Å². The molecule has 2 aromatic carbocycles. The number of aromatic nitrogens is 2. The first-order chi connectivity index (χ1) is 14.0. The van der Waals surface area contributed by atoms with Gasteiger partial charge in [-0.3, -0.25) is 10.0 Å². The summed E-state index contributed by atoms with van der Waals surface area (Å²) in [6.07, 6.45) is 1.63. The summed E-state index contributed by atoms with van der Waals surface area (Å²) in [7, 11) is 0. The predicted octanol–water partition coefficient (Wildman–Crippen LogP) is 3.78. The number of H-pyrrole nitrogens is 1. The van der Waals surface area contributed by atoms with E-state index in [1.54, 1.807) is 28.2 Å². The number of hydroxylamine groups is 1. The summed E-state index contributed by atoms with van der Waals surface area (Å²) in [6.45, 7) is 6.16. The minimum Gasteiger partial charge on any atom is -0.345 e. The second-order valence-electron chi connectivity index (χ2n) is 7.03. The van der Waals surface area contributed by atoms with Gasteiger partial charge in [-0.2, -0.15) is 0 Å². The van der Waals surface area contributed by atoms with Crippen molar-refractivity contribution >= 4 is 29.2 Å². The minimum absolute atomic E-state index is 0.0893. The van der Waals surface area contributed by atoms with Gasteiger partial charge >= 0.3 is 0 Å². The molecule has 0 bridgehead atoms. The molecule has 3 N–H and O–H groups in total. The maximum absolute atomic E-state index is 12.3. The third-order valence-corrected chi connectivity index (χ3v) is 5.10. The number of hydrogen-bond donors (Lipinski definition) is 3. The van der Waals surface area contributed by atoms with Crippen molar-refractivity contribution in [3.8, 4) is 5.75 Å². The number of fused-ring (bicyclic) bond motifs is 1. The lowest BCUT2D eigenvalue weighted by Crippen LogP contribution is -2.46. The quantitative estimate of drug-likeness (QED) is 0.160. The third kappa shape index (κ3) is 5.48. The molecule has 1 amide bonds. The Morgan fingerprint density at radius 1 is 1.28 bits per heavy atom. The molecule has 0 aliphatic carbocycles. The zero-order valence-corrected chi connectivity index (χ0v) is 17.3. The molecule has 0 aliphatic rings. The van der Waals surface area contributed by atoms with Gasteiger partial charge in [0.2, 0.25) is 0 Å². The first-order valence-electron chi connectivity index (χ1n) is 9.18. The molecule has 0 saturated carbocycles. The number of rotatable bonds is 9. The van der Waals surface area contributed by atoms with Crippen molar-refractivity contribution in [2.24, 2.45) is 5.92 Å². The fourth-order valence-electron chi connectivity index (χ4n) is 2.95. The van der Waals surface area contributed by atoms with Gasteiger partial charge in [0.05, 0.1) is 17.4 Å². The zero-order valence-electron chi connectivity index (χ0n) is 16.5. The van der Waals surface area contributed by atoms with E-state index in [9.17, 15) is 10.0 Å². The lowest BCUT2D eigenvalue weighted by molar-refractivity contribution is -0.135. The molecule has 3 rings (SSSR count). The third-order valence-electron chi connectivity index (χ3n) is 4.42. The number of imidazole rings is 1. The van der Waals surface area contributed by atoms with E-state index in [-0.39, 0.29) is 5.92 Å². The molecule has 154 valence electrons. The number of hydrogen-bond acceptors (Lipinski definition) is 7. The average Bonchev–Trinajstić information content (AvgIpc) is 3.17. The van der Waals surface area contributed by atoms with Gasteiger partial charge in [0.1, 0.15) is 18.3 Å². The standard InChI is InChI=1S/C20H24N4O4S/c1-13(2)19(20(25)23-26)24(29-28-27-16-7-4-14(3)5-8-16)11-15-6-9-17-18(10-15)22-12-21-17/h4-10,12-13,19,26H,11H2,1-3H3,(H,21,22)(H,23,25)/t19-/m1/s1. The fraction of sp³-hybridized carbons (Fsp3) is 0.300. The molecule has 9 heteroatoms. The lowest BCUT2D eigenvalue weighted by atomic mass is 10.0. The van der Waals surface area contributed by atoms with Gasteiger partial charge in [0.25, 0.3) is 5.91 Å². The number of aromatic amines is 1. The van der Waals surface area contributed by atoms with Gasteiger partial charge in [0, 0.05) is 6.54 Å². The lowest BCUT2D eigenvalue weighted by Gasteiger charge is -2.30. The van der Waals surface area contributed by atoms with Crippen LogP contribution in [0.15, 0.2) is 48.8 Å². The number of aryl methyl sites for hydroxylation is 1. The number of carbonyl (C=O) groups is 1. The second kappa shape index (κ2) is 9.75. The van der Waals surface area contributed by atoms with Crippen LogP contribution in [0.25, 0.3) is 11.0 Å². The van der Waals surface area contributed by atoms with Gasteiger partial charge in [-0.1, -0.05) is 41.9 Å². The summed E-state index contributed by atoms with van der Waals surface area (Å²) in [5.74, 6) is -0.0581. The Hall–Kier alpha value is -2.59. The Bertz CT molecular complexity index is 945. The van der Waals surface area contributed by atoms with Crippen molar-refractivity contribution in [3.63, 3.8) is 0 Å². The molecule has 8 nitrogen and oxygen atoms in total. The maximum Gasteiger partial charge on any atom is 0.261 e. The SMILES string of the molecule is Cc1ccc(OOSN(Cc2ccc3nc[nH]c3c2)[C@@H](C(=O)NO)C(C)C)cc1. The molecule has 0 spiro atoms. The van der Waals surface area contributed by atoms with Crippen molar-refractivity contribution in [1.82, 2.24) is 19.8 Å². The molecule has 1 heterocycles. The van der Waals surface area contributed by atoms with Crippen LogP contribution in [0, 0.1) is 12.8 Å². The molecule has 0 fully saturated rings. The van der Waals surface area contributed by atoms with Gasteiger partial charge in [0.15, 0.2) is 5.75 Å². The highest BCUT2D eigenvalue weighted by molar-refractivity contribution is 7.92. The molecule has 1 atom stereocenters. The summed E-state index contributed by atoms with van der Waals surface area (Å²) in [6, 6.07) is 12.6. The number of nitrogens with one attached hydrogen (secondary N) is 2. The normalized spacial score (nSPS) is 12.5. The Morgan fingerprint density at radius 3 is 2.72 bits per heavy atom. The van der Waals surface area contributed by atoms with Crippen molar-refractivity contribution in [2.45, 2.75) is 33.4 Å². The fourth-order valence-corrected chi connectivity index (χ4v) is 3.77. The summed E-state index contributed by atoms with van der Waals surface area (Å²) in [4.78, 5) is 24.9. The van der Waals surface area contributed by atoms with Crippen LogP contribution in [0.4, 0.5) is 0 Å². The van der Waals surface area contributed by atoms with Gasteiger partial charge in [-0.15, -0.1) is 0 Å². The number of benzene rings is 2. The largest absolute Gasteiger partial charge is 0.345 e. The Kier molecular flexibility index (Phi) is 7.10. The molecule has 0 radical (unpaired) electrons. The first-order valence-corrected chi connectivity index (χ1v) is 9.88. The smallest absolute Gasteiger partial charge is 0.261 e. The molecular weight excluding hydrogens is 392 g/mol. The number of amides is 1. The van der Waals surface area contributed by atoms with E-state index in [2.05, 4.69) is 9.97 Å². The number of nitrogens with zero attached hydrogens (tertiary/aromatic N) is 2. The van der Waals surface area contributed by atoms with Crippen LogP contribution in [-0.4, -0.2) is 31.4 Å². The Balaban J connectivity index is 1.75. The van der Waals surface area contributed by atoms with Crippen LogP contribution in [0.2, 0.25) is 0 Å². The van der Waals surface area contributed by atoms with Gasteiger partial charge in [-0.25, -0.2) is 14.8 Å². The summed E-state index contributed by atoms with van der Waals surface area (Å²) >= 11 is 0.916. The van der Waals surface area contributed by atoms with Gasteiger partial charge < -0.3 is 9.87 Å². The van der Waals surface area contributed by atoms with E-state index in [1.807, 2.05) is 51.1 Å². The van der Waals surface area contributed by atoms with Crippen LogP contribution in [0.1, 0.15) is 25.0 Å². The van der Waals surface area contributed by atoms with Crippen LogP contribution in [0.5, 0.6) is 5.75 Å². The van der Waals surface area contributed by atoms with Crippen molar-refractivity contribution in [1.29, 1.82) is 0 Å². The Morgan fingerprint density at radius 2 is 2.03 bits per heavy atom. The predicted molar refractivity (Wildman–Crippen MR) is 111 cm³/mol. The molecule has 0 unspecified atom stereocenters. The van der Waals surface area contributed by atoms with Gasteiger partial charge in [-0.05, 0) is 42.7 Å². The van der Waals surface area contributed by atoms with Crippen LogP contribution >= 0.6 is 12.2 Å². The van der Waals surface area contributed by atoms with Crippen LogP contribution in [0.3, 0.4) is 0 Å². The monoisotopic (exact) mass is 416 g/mol. The second-order valence-corrected chi connectivity index (χ2v) is 7.79. The molecular formula is C20H24N4O4S. The maximum atomic E-state index is 12.3. The molecule has 29 heavy (non-hydrogen) atoms. The highest BCUT2D eigenvalue weighted by atomic mass is 32.2. The van der Waals surface area contributed by atoms with Crippen molar-refractivity contribution in [3.05, 3.63) is 59.9 Å². The number of carbonyl (C=O) groups excluding carboxylic acids is 1. The molecule has 0 aliphatic heterocycles. The van der Waals surface area contributed by atoms with E-state index in [0.29, 0.717) is 12.3 Å². The van der Waals surface area contributed by atoms with Crippen LogP contribution in [-0.2, 0) is 15.7 Å². The van der Waals surface area contributed by atoms with E-state index in [4.69, 9.17) is 9.22 Å². The molecule has 3 aromatic rings. The summed E-state index contributed by atoms with van der Waals surface area (Å²) in [5, 5.41) is 9.19. The summed E-state index contributed by atoms with van der Waals surface area (Å²) < 4.78 is 7.08. The zero-order chi connectivity index (χ0) is 20.8. The Labute approximate surface area is 173 Å². The van der Waals surface area contributed by atoms with E-state index < -0.39 is 11.9 Å². The van der Waals surface area contributed by atoms with E-state index in [0.717, 1.165) is 34.4 Å². The highest BCUT2D eigenvalue weighted by Crippen LogP contribution is 2.26. The van der Waals surface area contributed by atoms with Crippen molar-refractivity contribution in [2.75, 3.05) is 0 Å². The highest BCUT2D eigenvalue weighted by Gasteiger charge is 2.31. The first kappa shape index (κ1) is 21.1. The minimum atomic E-state index is -0.649.